The highest BCUT2D eigenvalue weighted by Gasteiger charge is 2.28. The third-order valence-electron chi connectivity index (χ3n) is 5.85. The van der Waals surface area contributed by atoms with Crippen LogP contribution in [0.15, 0.2) is 72.8 Å². The van der Waals surface area contributed by atoms with E-state index in [1.165, 1.54) is 22.3 Å². The van der Waals surface area contributed by atoms with Gasteiger partial charge in [-0.15, -0.1) is 0 Å². The summed E-state index contributed by atoms with van der Waals surface area (Å²) in [5, 5.41) is 2.79. The molecule has 35 heavy (non-hydrogen) atoms. The first kappa shape index (κ1) is 24.6. The molecule has 3 N–H and O–H groups in total. The van der Waals surface area contributed by atoms with Gasteiger partial charge in [-0.2, -0.15) is 0 Å². The smallest absolute Gasteiger partial charge is 0.407 e. The van der Waals surface area contributed by atoms with Gasteiger partial charge in [0.05, 0.1) is 25.5 Å². The molecule has 7 heteroatoms. The van der Waals surface area contributed by atoms with Crippen LogP contribution in [-0.4, -0.2) is 52.3 Å². The highest BCUT2D eigenvalue weighted by Crippen LogP contribution is 2.44. The first-order chi connectivity index (χ1) is 17.2. The fourth-order valence-corrected chi connectivity index (χ4v) is 4.16. The van der Waals surface area contributed by atoms with E-state index in [2.05, 4.69) is 29.6 Å². The molecule has 3 aromatic carbocycles. The number of benzene rings is 3. The molecule has 0 heterocycles. The average molecular weight is 477 g/mol. The van der Waals surface area contributed by atoms with Crippen LogP contribution < -0.4 is 15.8 Å². The molecule has 0 saturated carbocycles. The molecule has 0 saturated heterocycles. The van der Waals surface area contributed by atoms with Crippen LogP contribution in [0.1, 0.15) is 23.5 Å². The van der Waals surface area contributed by atoms with Crippen molar-refractivity contribution in [3.05, 3.63) is 83.9 Å². The van der Waals surface area contributed by atoms with Gasteiger partial charge < -0.3 is 30.0 Å². The van der Waals surface area contributed by atoms with E-state index in [9.17, 15) is 4.79 Å². The molecule has 7 nitrogen and oxygen atoms in total. The van der Waals surface area contributed by atoms with Crippen LogP contribution in [-0.2, 0) is 14.2 Å². The van der Waals surface area contributed by atoms with Crippen LogP contribution in [0.4, 0.5) is 10.5 Å². The van der Waals surface area contributed by atoms with Gasteiger partial charge in [0, 0.05) is 19.1 Å². The van der Waals surface area contributed by atoms with Crippen LogP contribution in [0.2, 0.25) is 0 Å². The van der Waals surface area contributed by atoms with Crippen molar-refractivity contribution >= 4 is 11.8 Å². The summed E-state index contributed by atoms with van der Waals surface area (Å²) >= 11 is 0. The van der Waals surface area contributed by atoms with Crippen LogP contribution >= 0.6 is 0 Å². The molecule has 1 aliphatic rings. The first-order valence-electron chi connectivity index (χ1n) is 12.0. The molecule has 0 spiro atoms. The Balaban J connectivity index is 1.03. The number of carbonyl (C=O) groups excluding carboxylic acids is 1. The van der Waals surface area contributed by atoms with Gasteiger partial charge >= 0.3 is 6.09 Å². The van der Waals surface area contributed by atoms with Gasteiger partial charge in [0.15, 0.2) is 0 Å². The van der Waals surface area contributed by atoms with Gasteiger partial charge in [-0.1, -0.05) is 60.7 Å². The van der Waals surface area contributed by atoms with E-state index < -0.39 is 6.09 Å². The molecule has 0 radical (unpaired) electrons. The fourth-order valence-electron chi connectivity index (χ4n) is 4.16. The molecule has 4 rings (SSSR count). The van der Waals surface area contributed by atoms with Crippen LogP contribution in [0, 0.1) is 0 Å². The Hall–Kier alpha value is -3.55. The van der Waals surface area contributed by atoms with Crippen molar-refractivity contribution in [1.82, 2.24) is 5.32 Å². The van der Waals surface area contributed by atoms with Crippen molar-refractivity contribution in [2.45, 2.75) is 12.3 Å². The number of para-hydroxylation sites is 2. The van der Waals surface area contributed by atoms with Gasteiger partial charge in [-0.05, 0) is 40.8 Å². The normalized spacial score (nSPS) is 12.1. The number of amides is 1. The molecule has 0 aromatic heterocycles. The van der Waals surface area contributed by atoms with E-state index in [0.29, 0.717) is 64.0 Å². The third-order valence-corrected chi connectivity index (χ3v) is 5.85. The number of ether oxygens (including phenoxy) is 4. The number of fused-ring (bicyclic) bond motifs is 3. The second-order valence-electron chi connectivity index (χ2n) is 8.22. The summed E-state index contributed by atoms with van der Waals surface area (Å²) in [5.41, 5.74) is 11.3. The standard InChI is InChI=1S/C28H32N2O5/c29-26-12-5-6-13-27(26)34-19-18-33-17-16-32-15-7-14-30-28(31)35-20-25-23-10-3-1-8-21(23)22-9-2-4-11-24(22)25/h1-6,8-13,25H,7,14-20,29H2,(H,30,31). The zero-order chi connectivity index (χ0) is 24.3. The lowest BCUT2D eigenvalue weighted by molar-refractivity contribution is 0.0358. The Labute approximate surface area is 206 Å². The number of nitrogens with two attached hydrogens (primary N) is 1. The molecule has 1 amide bonds. The molecular formula is C28H32N2O5. The Morgan fingerprint density at radius 1 is 0.771 bits per heavy atom. The van der Waals surface area contributed by atoms with Crippen LogP contribution in [0.5, 0.6) is 5.75 Å². The summed E-state index contributed by atoms with van der Waals surface area (Å²) in [5.74, 6) is 0.725. The van der Waals surface area contributed by atoms with E-state index in [1.54, 1.807) is 6.07 Å². The van der Waals surface area contributed by atoms with Gasteiger partial charge in [-0.3, -0.25) is 0 Å². The highest BCUT2D eigenvalue weighted by atomic mass is 16.6. The lowest BCUT2D eigenvalue weighted by atomic mass is 9.98. The van der Waals surface area contributed by atoms with Gasteiger partial charge in [-0.25, -0.2) is 4.79 Å². The number of carbonyl (C=O) groups is 1. The van der Waals surface area contributed by atoms with Crippen LogP contribution in [0.25, 0.3) is 11.1 Å². The largest absolute Gasteiger partial charge is 0.489 e. The lowest BCUT2D eigenvalue weighted by Gasteiger charge is -2.14. The SMILES string of the molecule is Nc1ccccc1OCCOCCOCCCNC(=O)OCC1c2ccccc2-c2ccccc21. The summed E-state index contributed by atoms with van der Waals surface area (Å²) in [4.78, 5) is 12.2. The summed E-state index contributed by atoms with van der Waals surface area (Å²) in [7, 11) is 0. The predicted octanol–water partition coefficient (Wildman–Crippen LogP) is 4.61. The molecule has 0 aliphatic heterocycles. The lowest BCUT2D eigenvalue weighted by Crippen LogP contribution is -2.27. The maximum Gasteiger partial charge on any atom is 0.407 e. The topological polar surface area (TPSA) is 92.0 Å². The number of nitrogen functional groups attached to an aromatic ring is 1. The van der Waals surface area contributed by atoms with Gasteiger partial charge in [0.2, 0.25) is 0 Å². The first-order valence-corrected chi connectivity index (χ1v) is 12.0. The fraction of sp³-hybridized carbons (Fsp3) is 0.321. The van der Waals surface area contributed by atoms with Crippen molar-refractivity contribution in [2.75, 3.05) is 51.9 Å². The zero-order valence-electron chi connectivity index (χ0n) is 19.8. The summed E-state index contributed by atoms with van der Waals surface area (Å²) in [6.07, 6.45) is 0.287. The number of anilines is 1. The maximum atomic E-state index is 12.2. The quantitative estimate of drug-likeness (QED) is 0.277. The molecule has 0 atom stereocenters. The van der Waals surface area contributed by atoms with Crippen molar-refractivity contribution in [3.8, 4) is 16.9 Å². The van der Waals surface area contributed by atoms with E-state index in [0.717, 1.165) is 0 Å². The minimum absolute atomic E-state index is 0.0620. The number of nitrogens with one attached hydrogen (secondary N) is 1. The number of alkyl carbamates (subject to hydrolysis) is 1. The maximum absolute atomic E-state index is 12.2. The average Bonchev–Trinajstić information content (AvgIpc) is 3.20. The molecular weight excluding hydrogens is 444 g/mol. The van der Waals surface area contributed by atoms with Crippen LogP contribution in [0.3, 0.4) is 0 Å². The number of hydrogen-bond donors (Lipinski definition) is 2. The Bertz CT molecular complexity index is 1060. The number of hydrogen-bond acceptors (Lipinski definition) is 6. The van der Waals surface area contributed by atoms with Crippen molar-refractivity contribution in [2.24, 2.45) is 0 Å². The van der Waals surface area contributed by atoms with Gasteiger partial charge in [0.25, 0.3) is 0 Å². The third kappa shape index (κ3) is 6.74. The second kappa shape index (κ2) is 12.8. The molecule has 3 aromatic rings. The molecule has 0 fully saturated rings. The minimum atomic E-state index is -0.408. The monoisotopic (exact) mass is 476 g/mol. The predicted molar refractivity (Wildman–Crippen MR) is 136 cm³/mol. The Morgan fingerprint density at radius 3 is 2.09 bits per heavy atom. The zero-order valence-corrected chi connectivity index (χ0v) is 19.8. The summed E-state index contributed by atoms with van der Waals surface area (Å²) in [6, 6.07) is 23.9. The van der Waals surface area contributed by atoms with E-state index in [4.69, 9.17) is 24.7 Å². The highest BCUT2D eigenvalue weighted by molar-refractivity contribution is 5.79. The molecule has 0 unspecified atom stereocenters. The van der Waals surface area contributed by atoms with E-state index in [-0.39, 0.29) is 5.92 Å². The molecule has 1 aliphatic carbocycles. The minimum Gasteiger partial charge on any atom is -0.489 e. The molecule has 184 valence electrons. The van der Waals surface area contributed by atoms with E-state index >= 15 is 0 Å². The summed E-state index contributed by atoms with van der Waals surface area (Å²) < 4.78 is 22.1. The van der Waals surface area contributed by atoms with Crippen molar-refractivity contribution < 1.29 is 23.7 Å². The van der Waals surface area contributed by atoms with E-state index in [1.807, 2.05) is 42.5 Å². The second-order valence-corrected chi connectivity index (χ2v) is 8.22. The van der Waals surface area contributed by atoms with Gasteiger partial charge in [0.1, 0.15) is 19.0 Å². The Kier molecular flexibility index (Phi) is 8.98. The van der Waals surface area contributed by atoms with Crippen molar-refractivity contribution in [1.29, 1.82) is 0 Å². The Morgan fingerprint density at radius 2 is 1.37 bits per heavy atom. The molecule has 0 bridgehead atoms. The van der Waals surface area contributed by atoms with Crippen molar-refractivity contribution in [3.63, 3.8) is 0 Å². The summed E-state index contributed by atoms with van der Waals surface area (Å²) in [6.45, 7) is 3.19. The number of rotatable bonds is 13.